The molecule has 8 heteroatoms. The number of rotatable bonds is 3. The Kier molecular flexibility index (Phi) is 3.43. The topological polar surface area (TPSA) is 87.9 Å². The summed E-state index contributed by atoms with van der Waals surface area (Å²) in [5.41, 5.74) is 0.0416. The maximum Gasteiger partial charge on any atom is 0.254 e. The first kappa shape index (κ1) is 15.6. The van der Waals surface area contributed by atoms with Crippen molar-refractivity contribution >= 4 is 11.8 Å². The molecular formula is C16H22N4O4. The van der Waals surface area contributed by atoms with Crippen LogP contribution in [0.25, 0.3) is 0 Å². The zero-order chi connectivity index (χ0) is 17.1. The molecule has 2 amide bonds. The number of amides is 2. The molecule has 2 aliphatic heterocycles. The molecule has 0 bridgehead atoms. The Hall–Kier alpha value is -1.93. The lowest BCUT2D eigenvalue weighted by atomic mass is 9.87. The van der Waals surface area contributed by atoms with E-state index in [1.54, 1.807) is 41.0 Å². The standard InChI is InChI=1S/C16H22N4O4/c1-18-6-10(5-17-18)13-14(24-7-12(21)19(13)2)15(22)20-8-16(23,9-20)11-3-4-11/h5-6,11,13-14,23H,3-4,7-9H2,1-2H3/t13-,14+/m0/s1. The van der Waals surface area contributed by atoms with Crippen molar-refractivity contribution in [3.05, 3.63) is 18.0 Å². The van der Waals surface area contributed by atoms with Gasteiger partial charge in [-0.15, -0.1) is 0 Å². The second kappa shape index (κ2) is 5.29. The van der Waals surface area contributed by atoms with Gasteiger partial charge < -0.3 is 19.6 Å². The number of morpholine rings is 1. The number of carbonyl (C=O) groups excluding carboxylic acids is 2. The highest BCUT2D eigenvalue weighted by atomic mass is 16.5. The van der Waals surface area contributed by atoms with Crippen molar-refractivity contribution in [1.29, 1.82) is 0 Å². The first-order valence-electron chi connectivity index (χ1n) is 8.26. The van der Waals surface area contributed by atoms with Crippen LogP contribution in [0.3, 0.4) is 0 Å². The van der Waals surface area contributed by atoms with Crippen LogP contribution in [0.15, 0.2) is 12.4 Å². The highest BCUT2D eigenvalue weighted by Gasteiger charge is 2.55. The van der Waals surface area contributed by atoms with Crippen LogP contribution < -0.4 is 0 Å². The average Bonchev–Trinajstić information content (AvgIpc) is 3.29. The van der Waals surface area contributed by atoms with Gasteiger partial charge in [-0.2, -0.15) is 5.10 Å². The Labute approximate surface area is 140 Å². The fourth-order valence-electron chi connectivity index (χ4n) is 3.74. The molecule has 1 aliphatic carbocycles. The normalized spacial score (nSPS) is 29.5. The lowest BCUT2D eigenvalue weighted by Gasteiger charge is -2.49. The smallest absolute Gasteiger partial charge is 0.254 e. The number of aromatic nitrogens is 2. The van der Waals surface area contributed by atoms with Gasteiger partial charge in [0.15, 0.2) is 6.10 Å². The SMILES string of the molecule is CN1C(=O)CO[C@@H](C(=O)N2CC(O)(C3CC3)C2)[C@@H]1c1cnn(C)c1. The van der Waals surface area contributed by atoms with Gasteiger partial charge in [-0.25, -0.2) is 0 Å². The van der Waals surface area contributed by atoms with E-state index in [1.165, 1.54) is 0 Å². The molecular weight excluding hydrogens is 312 g/mol. The second-order valence-electron chi connectivity index (χ2n) is 7.20. The Morgan fingerprint density at radius 3 is 2.67 bits per heavy atom. The van der Waals surface area contributed by atoms with E-state index in [1.807, 2.05) is 0 Å². The third-order valence-corrected chi connectivity index (χ3v) is 5.37. The van der Waals surface area contributed by atoms with Crippen LogP contribution >= 0.6 is 0 Å². The molecule has 3 fully saturated rings. The van der Waals surface area contributed by atoms with Gasteiger partial charge in [-0.3, -0.25) is 14.3 Å². The van der Waals surface area contributed by atoms with Crippen LogP contribution in [-0.4, -0.2) is 75.0 Å². The number of hydrogen-bond donors (Lipinski definition) is 1. The molecule has 0 radical (unpaired) electrons. The molecule has 2 saturated heterocycles. The number of hydrogen-bond acceptors (Lipinski definition) is 5. The van der Waals surface area contributed by atoms with Crippen molar-refractivity contribution in [2.24, 2.45) is 13.0 Å². The third-order valence-electron chi connectivity index (χ3n) is 5.37. The molecule has 1 saturated carbocycles. The van der Waals surface area contributed by atoms with E-state index < -0.39 is 17.7 Å². The Morgan fingerprint density at radius 2 is 2.08 bits per heavy atom. The number of nitrogens with zero attached hydrogens (tertiary/aromatic N) is 4. The minimum atomic E-state index is -0.763. The quantitative estimate of drug-likeness (QED) is 0.790. The van der Waals surface area contributed by atoms with Crippen LogP contribution in [0.2, 0.25) is 0 Å². The molecule has 130 valence electrons. The Balaban J connectivity index is 1.53. The molecule has 0 aromatic carbocycles. The monoisotopic (exact) mass is 334 g/mol. The highest BCUT2D eigenvalue weighted by Crippen LogP contribution is 2.45. The fourth-order valence-corrected chi connectivity index (χ4v) is 3.74. The number of ether oxygens (including phenoxy) is 1. The fraction of sp³-hybridized carbons (Fsp3) is 0.688. The van der Waals surface area contributed by atoms with E-state index in [4.69, 9.17) is 4.74 Å². The van der Waals surface area contributed by atoms with E-state index >= 15 is 0 Å². The first-order valence-corrected chi connectivity index (χ1v) is 8.26. The average molecular weight is 334 g/mol. The molecule has 4 rings (SSSR count). The summed E-state index contributed by atoms with van der Waals surface area (Å²) in [5.74, 6) is -0.00766. The molecule has 1 aromatic heterocycles. The van der Waals surface area contributed by atoms with Crippen LogP contribution in [0.4, 0.5) is 0 Å². The summed E-state index contributed by atoms with van der Waals surface area (Å²) >= 11 is 0. The number of likely N-dealkylation sites (tertiary alicyclic amines) is 1. The number of aliphatic hydroxyl groups is 1. The van der Waals surface area contributed by atoms with E-state index in [9.17, 15) is 14.7 Å². The first-order chi connectivity index (χ1) is 11.4. The summed E-state index contributed by atoms with van der Waals surface area (Å²) in [5, 5.41) is 14.6. The Morgan fingerprint density at radius 1 is 1.38 bits per heavy atom. The van der Waals surface area contributed by atoms with Gasteiger partial charge in [0.25, 0.3) is 5.91 Å². The second-order valence-corrected chi connectivity index (χ2v) is 7.20. The molecule has 0 unspecified atom stereocenters. The Bertz CT molecular complexity index is 677. The largest absolute Gasteiger partial charge is 0.386 e. The molecule has 3 heterocycles. The van der Waals surface area contributed by atoms with Gasteiger partial charge in [-0.1, -0.05) is 0 Å². The van der Waals surface area contributed by atoms with Crippen molar-refractivity contribution < 1.29 is 19.4 Å². The van der Waals surface area contributed by atoms with Crippen molar-refractivity contribution in [1.82, 2.24) is 19.6 Å². The summed E-state index contributed by atoms with van der Waals surface area (Å²) < 4.78 is 7.24. The predicted molar refractivity (Wildman–Crippen MR) is 82.7 cm³/mol. The number of β-amino-alcohol motifs (C(OH)–C–C–N with tert-alkyl or cyclic N) is 1. The third kappa shape index (κ3) is 2.41. The van der Waals surface area contributed by atoms with Gasteiger partial charge >= 0.3 is 0 Å². The predicted octanol–water partition coefficient (Wildman–Crippen LogP) is -0.698. The van der Waals surface area contributed by atoms with Gasteiger partial charge in [-0.05, 0) is 18.8 Å². The van der Waals surface area contributed by atoms with Gasteiger partial charge in [0.2, 0.25) is 5.91 Å². The maximum absolute atomic E-state index is 12.9. The van der Waals surface area contributed by atoms with Crippen molar-refractivity contribution in [2.75, 3.05) is 26.7 Å². The van der Waals surface area contributed by atoms with Crippen LogP contribution in [0.5, 0.6) is 0 Å². The summed E-state index contributed by atoms with van der Waals surface area (Å²) in [7, 11) is 3.47. The molecule has 24 heavy (non-hydrogen) atoms. The van der Waals surface area contributed by atoms with E-state index in [-0.39, 0.29) is 18.4 Å². The van der Waals surface area contributed by atoms with E-state index in [2.05, 4.69) is 5.10 Å². The van der Waals surface area contributed by atoms with E-state index in [0.29, 0.717) is 19.0 Å². The number of carbonyl (C=O) groups is 2. The zero-order valence-corrected chi connectivity index (χ0v) is 13.9. The minimum Gasteiger partial charge on any atom is -0.386 e. The van der Waals surface area contributed by atoms with Crippen molar-refractivity contribution in [3.8, 4) is 0 Å². The maximum atomic E-state index is 12.9. The lowest BCUT2D eigenvalue weighted by Crippen LogP contribution is -2.67. The molecule has 1 N–H and O–H groups in total. The zero-order valence-electron chi connectivity index (χ0n) is 13.9. The van der Waals surface area contributed by atoms with Crippen molar-refractivity contribution in [2.45, 2.75) is 30.6 Å². The summed E-state index contributed by atoms with van der Waals surface area (Å²) in [6.07, 6.45) is 4.75. The van der Waals surface area contributed by atoms with Crippen LogP contribution in [0.1, 0.15) is 24.4 Å². The molecule has 8 nitrogen and oxygen atoms in total. The summed E-state index contributed by atoms with van der Waals surface area (Å²) in [4.78, 5) is 28.1. The minimum absolute atomic E-state index is 0.107. The van der Waals surface area contributed by atoms with Crippen LogP contribution in [-0.2, 0) is 21.4 Å². The van der Waals surface area contributed by atoms with Crippen LogP contribution in [0, 0.1) is 5.92 Å². The van der Waals surface area contributed by atoms with Gasteiger partial charge in [0.05, 0.1) is 25.3 Å². The van der Waals surface area contributed by atoms with Gasteiger partial charge in [0, 0.05) is 25.9 Å². The van der Waals surface area contributed by atoms with E-state index in [0.717, 1.165) is 18.4 Å². The molecule has 2 atom stereocenters. The molecule has 0 spiro atoms. The number of likely N-dealkylation sites (N-methyl/N-ethyl adjacent to an activating group) is 1. The lowest BCUT2D eigenvalue weighted by molar-refractivity contribution is -0.183. The highest BCUT2D eigenvalue weighted by molar-refractivity contribution is 5.87. The van der Waals surface area contributed by atoms with Gasteiger partial charge in [0.1, 0.15) is 12.2 Å². The molecule has 1 aromatic rings. The summed E-state index contributed by atoms with van der Waals surface area (Å²) in [6.45, 7) is 0.603. The van der Waals surface area contributed by atoms with Crippen molar-refractivity contribution in [3.63, 3.8) is 0 Å². The summed E-state index contributed by atoms with van der Waals surface area (Å²) in [6, 6.07) is -0.498. The number of aryl methyl sites for hydroxylation is 1. The molecule has 3 aliphatic rings.